The zero-order valence-electron chi connectivity index (χ0n) is 28.6. The molecule has 0 aliphatic heterocycles. The number of esters is 2. The Morgan fingerprint density at radius 2 is 1.25 bits per heavy atom. The Hall–Kier alpha value is -2.45. The van der Waals surface area contributed by atoms with E-state index in [1.165, 1.54) is 51.4 Å². The predicted molar refractivity (Wildman–Crippen MR) is 176 cm³/mol. The summed E-state index contributed by atoms with van der Waals surface area (Å²) in [4.78, 5) is 36.3. The van der Waals surface area contributed by atoms with Crippen LogP contribution in [0.25, 0.3) is 0 Å². The van der Waals surface area contributed by atoms with Crippen LogP contribution < -0.4 is 5.11 Å². The first-order valence-corrected chi connectivity index (χ1v) is 17.0. The van der Waals surface area contributed by atoms with Crippen LogP contribution >= 0.6 is 0 Å². The number of carboxylic acid groups (broad SMARTS) is 1. The van der Waals surface area contributed by atoms with Crippen molar-refractivity contribution < 1.29 is 38.2 Å². The van der Waals surface area contributed by atoms with Crippen LogP contribution in [-0.2, 0) is 28.6 Å². The van der Waals surface area contributed by atoms with Crippen molar-refractivity contribution in [1.82, 2.24) is 0 Å². The number of quaternary nitrogens is 1. The van der Waals surface area contributed by atoms with Crippen LogP contribution in [0.4, 0.5) is 0 Å². The molecule has 2 atom stereocenters. The molecule has 44 heavy (non-hydrogen) atoms. The Labute approximate surface area is 268 Å². The van der Waals surface area contributed by atoms with E-state index in [4.69, 9.17) is 14.2 Å². The summed E-state index contributed by atoms with van der Waals surface area (Å²) in [5, 5.41) is 11.5. The smallest absolute Gasteiger partial charge is 0.310 e. The molecule has 0 rings (SSSR count). The number of carbonyl (C=O) groups excluding carboxylic acids is 3. The first-order valence-electron chi connectivity index (χ1n) is 17.0. The zero-order chi connectivity index (χ0) is 32.9. The van der Waals surface area contributed by atoms with E-state index in [-0.39, 0.29) is 43.1 Å². The Balaban J connectivity index is 4.57. The largest absolute Gasteiger partial charge is 0.544 e. The van der Waals surface area contributed by atoms with Gasteiger partial charge in [-0.2, -0.15) is 0 Å². The van der Waals surface area contributed by atoms with Gasteiger partial charge in [0, 0.05) is 12.8 Å². The molecule has 0 amide bonds. The number of nitrogens with zero attached hydrogens (tertiary/aromatic N) is 1. The van der Waals surface area contributed by atoms with Crippen LogP contribution in [0.2, 0.25) is 0 Å². The second-order valence-corrected chi connectivity index (χ2v) is 12.4. The van der Waals surface area contributed by atoms with E-state index >= 15 is 0 Å². The molecule has 0 aliphatic carbocycles. The number of carbonyl (C=O) groups is 3. The van der Waals surface area contributed by atoms with E-state index in [1.807, 2.05) is 12.2 Å². The molecule has 0 aliphatic rings. The molecular formula is C36H63NO7. The molecule has 2 unspecified atom stereocenters. The number of ether oxygens (including phenoxy) is 3. The minimum Gasteiger partial charge on any atom is -0.544 e. The third-order valence-electron chi connectivity index (χ3n) is 7.32. The van der Waals surface area contributed by atoms with Crippen molar-refractivity contribution in [3.63, 3.8) is 0 Å². The van der Waals surface area contributed by atoms with E-state index < -0.39 is 24.1 Å². The standard InChI is InChI=1S/C36H63NO7/c1-6-8-10-12-14-16-17-19-20-22-24-26-34(38)43-31-32(30-42-29-28-33(36(40)41)37(3,4)5)44-35(39)27-25-23-21-18-15-13-11-9-7-2/h9,11,15,18,23,25,32-33H,6-8,10,12-14,16-17,19-22,24,26-31H2,1-5H3/b11-9+,18-15+,25-23+. The fraction of sp³-hybridized carbons (Fsp3) is 0.750. The van der Waals surface area contributed by atoms with Gasteiger partial charge in [0.05, 0.1) is 46.7 Å². The molecule has 0 aromatic carbocycles. The van der Waals surface area contributed by atoms with Crippen molar-refractivity contribution in [2.75, 3.05) is 41.0 Å². The average molecular weight is 622 g/mol. The summed E-state index contributed by atoms with van der Waals surface area (Å²) in [6, 6.07) is -0.735. The maximum atomic E-state index is 12.5. The van der Waals surface area contributed by atoms with Gasteiger partial charge in [0.15, 0.2) is 6.10 Å². The molecule has 8 heteroatoms. The molecule has 0 saturated heterocycles. The van der Waals surface area contributed by atoms with Crippen LogP contribution in [0.15, 0.2) is 36.5 Å². The van der Waals surface area contributed by atoms with Crippen LogP contribution in [-0.4, -0.2) is 75.5 Å². The number of allylic oxidation sites excluding steroid dienone is 5. The minimum atomic E-state index is -1.14. The number of hydrogen-bond donors (Lipinski definition) is 0. The number of likely N-dealkylation sites (N-methyl/N-ethyl adjacent to an activating group) is 1. The van der Waals surface area contributed by atoms with Crippen LogP contribution in [0.5, 0.6) is 0 Å². The lowest BCUT2D eigenvalue weighted by atomic mass is 10.1. The molecule has 0 saturated carbocycles. The highest BCUT2D eigenvalue weighted by atomic mass is 16.6. The lowest BCUT2D eigenvalue weighted by Gasteiger charge is -2.34. The van der Waals surface area contributed by atoms with E-state index in [1.54, 1.807) is 27.2 Å². The SMILES string of the molecule is CC/C=C/C/C=C/C/C=C/CC(=O)OC(COCCC(C(=O)[O-])[N+](C)(C)C)COC(=O)CCCCCCCCCCCCC. The Bertz CT molecular complexity index is 829. The number of aliphatic carboxylic acids is 1. The molecular weight excluding hydrogens is 558 g/mol. The normalized spacial score (nSPS) is 13.6. The molecule has 0 aromatic heterocycles. The summed E-state index contributed by atoms with van der Waals surface area (Å²) >= 11 is 0. The van der Waals surface area contributed by atoms with Crippen molar-refractivity contribution in [2.24, 2.45) is 0 Å². The van der Waals surface area contributed by atoms with Crippen molar-refractivity contribution in [3.8, 4) is 0 Å². The summed E-state index contributed by atoms with van der Waals surface area (Å²) < 4.78 is 16.9. The van der Waals surface area contributed by atoms with Crippen molar-refractivity contribution in [2.45, 2.75) is 135 Å². The van der Waals surface area contributed by atoms with Gasteiger partial charge in [-0.15, -0.1) is 0 Å². The lowest BCUT2D eigenvalue weighted by molar-refractivity contribution is -0.889. The van der Waals surface area contributed by atoms with Gasteiger partial charge in [0.2, 0.25) is 0 Å². The third-order valence-corrected chi connectivity index (χ3v) is 7.32. The highest BCUT2D eigenvalue weighted by Crippen LogP contribution is 2.13. The predicted octanol–water partition coefficient (Wildman–Crippen LogP) is 6.62. The molecule has 0 heterocycles. The average Bonchev–Trinajstić information content (AvgIpc) is 2.96. The Kier molecular flexibility index (Phi) is 26.5. The van der Waals surface area contributed by atoms with E-state index in [9.17, 15) is 19.5 Å². The number of hydrogen-bond acceptors (Lipinski definition) is 7. The van der Waals surface area contributed by atoms with Gasteiger partial charge in [0.25, 0.3) is 0 Å². The number of rotatable bonds is 29. The van der Waals surface area contributed by atoms with Crippen LogP contribution in [0.1, 0.15) is 123 Å². The quantitative estimate of drug-likeness (QED) is 0.0400. The molecule has 0 spiro atoms. The van der Waals surface area contributed by atoms with E-state index in [0.717, 1.165) is 38.5 Å². The molecule has 0 radical (unpaired) electrons. The van der Waals surface area contributed by atoms with Gasteiger partial charge in [0.1, 0.15) is 12.6 Å². The summed E-state index contributed by atoms with van der Waals surface area (Å²) in [6.45, 7) is 4.39. The van der Waals surface area contributed by atoms with E-state index in [0.29, 0.717) is 6.42 Å². The number of unbranched alkanes of at least 4 members (excludes halogenated alkanes) is 10. The van der Waals surface area contributed by atoms with E-state index in [2.05, 4.69) is 32.1 Å². The summed E-state index contributed by atoms with van der Waals surface area (Å²) in [7, 11) is 5.35. The maximum Gasteiger partial charge on any atom is 0.310 e. The fourth-order valence-electron chi connectivity index (χ4n) is 4.66. The molecule has 0 bridgehead atoms. The molecule has 0 aromatic rings. The van der Waals surface area contributed by atoms with Gasteiger partial charge in [-0.25, -0.2) is 0 Å². The second-order valence-electron chi connectivity index (χ2n) is 12.4. The summed E-state index contributed by atoms with van der Waals surface area (Å²) in [6.07, 6.45) is 27.8. The summed E-state index contributed by atoms with van der Waals surface area (Å²) in [5.41, 5.74) is 0. The molecule has 254 valence electrons. The van der Waals surface area contributed by atoms with Gasteiger partial charge >= 0.3 is 11.9 Å². The first kappa shape index (κ1) is 41.5. The second kappa shape index (κ2) is 28.1. The van der Waals surface area contributed by atoms with Crippen LogP contribution in [0, 0.1) is 0 Å². The monoisotopic (exact) mass is 621 g/mol. The van der Waals surface area contributed by atoms with Gasteiger partial charge in [-0.3, -0.25) is 9.59 Å². The van der Waals surface area contributed by atoms with Gasteiger partial charge in [-0.1, -0.05) is 115 Å². The minimum absolute atomic E-state index is 0.00606. The lowest BCUT2D eigenvalue weighted by Crippen LogP contribution is -2.55. The summed E-state index contributed by atoms with van der Waals surface area (Å²) in [5.74, 6) is -1.89. The highest BCUT2D eigenvalue weighted by molar-refractivity contribution is 5.71. The van der Waals surface area contributed by atoms with Crippen molar-refractivity contribution in [1.29, 1.82) is 0 Å². The zero-order valence-corrected chi connectivity index (χ0v) is 28.6. The maximum absolute atomic E-state index is 12.5. The molecule has 0 fully saturated rings. The Morgan fingerprint density at radius 1 is 0.705 bits per heavy atom. The molecule has 0 N–H and O–H groups in total. The Morgan fingerprint density at radius 3 is 1.80 bits per heavy atom. The fourth-order valence-corrected chi connectivity index (χ4v) is 4.66. The van der Waals surface area contributed by atoms with Gasteiger partial charge in [-0.05, 0) is 25.7 Å². The van der Waals surface area contributed by atoms with Crippen molar-refractivity contribution >= 4 is 17.9 Å². The molecule has 8 nitrogen and oxygen atoms in total. The van der Waals surface area contributed by atoms with Gasteiger partial charge < -0.3 is 28.6 Å². The highest BCUT2D eigenvalue weighted by Gasteiger charge is 2.25. The number of carboxylic acids is 1. The third kappa shape index (κ3) is 26.0. The first-order chi connectivity index (χ1) is 21.1. The topological polar surface area (TPSA) is 102 Å². The van der Waals surface area contributed by atoms with Crippen LogP contribution in [0.3, 0.4) is 0 Å². The van der Waals surface area contributed by atoms with Crippen molar-refractivity contribution in [3.05, 3.63) is 36.5 Å².